The molecular weight excluding hydrogens is 512 g/mol. The van der Waals surface area contributed by atoms with E-state index in [9.17, 15) is 10.2 Å². The molecule has 0 aromatic heterocycles. The van der Waals surface area contributed by atoms with E-state index >= 15 is 0 Å². The second-order valence-electron chi connectivity index (χ2n) is 12.5. The molecule has 0 aromatic carbocycles. The molecule has 1 atom stereocenters. The topological polar surface area (TPSA) is 40.5 Å². The molecule has 0 amide bonds. The van der Waals surface area contributed by atoms with Crippen LogP contribution >= 0.6 is 0 Å². The molecule has 42 heavy (non-hydrogen) atoms. The SMILES string of the molecule is CC(C)=C(O)CC/C(C)=C/C=C/C(C)=C/C=C/C(C)=C/C=C/C=C(C)/C=C/C=C(C)/C=C/C1=C(C)CC(O)CC1(C)C. The lowest BCUT2D eigenvalue weighted by Gasteiger charge is -2.35. The van der Waals surface area contributed by atoms with Crippen LogP contribution in [-0.2, 0) is 0 Å². The highest BCUT2D eigenvalue weighted by molar-refractivity contribution is 5.38. The van der Waals surface area contributed by atoms with Gasteiger partial charge in [-0.25, -0.2) is 0 Å². The summed E-state index contributed by atoms with van der Waals surface area (Å²) in [5, 5.41) is 19.9. The molecule has 0 heterocycles. The van der Waals surface area contributed by atoms with Crippen LogP contribution in [0.1, 0.15) is 94.9 Å². The summed E-state index contributed by atoms with van der Waals surface area (Å²) in [6.45, 7) is 20.9. The highest BCUT2D eigenvalue weighted by Crippen LogP contribution is 2.41. The van der Waals surface area contributed by atoms with Crippen LogP contribution in [-0.4, -0.2) is 16.3 Å². The molecule has 0 spiro atoms. The van der Waals surface area contributed by atoms with Crippen LogP contribution in [0.5, 0.6) is 0 Å². The van der Waals surface area contributed by atoms with Crippen molar-refractivity contribution in [3.05, 3.63) is 141 Å². The van der Waals surface area contributed by atoms with Crippen LogP contribution in [0.15, 0.2) is 141 Å². The maximum Gasteiger partial charge on any atom is 0.0912 e. The number of rotatable bonds is 13. The number of allylic oxidation sites excluding steroid dienone is 23. The molecule has 0 saturated carbocycles. The zero-order chi connectivity index (χ0) is 31.7. The van der Waals surface area contributed by atoms with Crippen molar-refractivity contribution in [3.8, 4) is 0 Å². The smallest absolute Gasteiger partial charge is 0.0912 e. The summed E-state index contributed by atoms with van der Waals surface area (Å²) in [6, 6.07) is 0. The van der Waals surface area contributed by atoms with E-state index < -0.39 is 0 Å². The Morgan fingerprint density at radius 1 is 0.690 bits per heavy atom. The molecule has 228 valence electrons. The van der Waals surface area contributed by atoms with E-state index in [1.54, 1.807) is 0 Å². The first-order valence-electron chi connectivity index (χ1n) is 15.2. The largest absolute Gasteiger partial charge is 0.512 e. The van der Waals surface area contributed by atoms with Gasteiger partial charge in [0.15, 0.2) is 0 Å². The van der Waals surface area contributed by atoms with Gasteiger partial charge in [0, 0.05) is 6.42 Å². The minimum atomic E-state index is -0.227. The lowest BCUT2D eigenvalue weighted by atomic mass is 9.71. The average molecular weight is 569 g/mol. The van der Waals surface area contributed by atoms with Crippen molar-refractivity contribution in [2.24, 2.45) is 5.41 Å². The van der Waals surface area contributed by atoms with Crippen molar-refractivity contribution < 1.29 is 10.2 Å². The molecule has 0 aromatic rings. The summed E-state index contributed by atoms with van der Waals surface area (Å²) in [5.74, 6) is 0.493. The van der Waals surface area contributed by atoms with Crippen LogP contribution in [0.2, 0.25) is 0 Å². The second kappa shape index (κ2) is 18.9. The maximum atomic E-state index is 10.1. The van der Waals surface area contributed by atoms with Gasteiger partial charge in [-0.1, -0.05) is 138 Å². The van der Waals surface area contributed by atoms with Gasteiger partial charge in [-0.05, 0) is 91.2 Å². The fourth-order valence-corrected chi connectivity index (χ4v) is 4.75. The molecule has 0 aliphatic heterocycles. The molecule has 0 fully saturated rings. The first kappa shape index (κ1) is 36.7. The van der Waals surface area contributed by atoms with Crippen molar-refractivity contribution >= 4 is 0 Å². The van der Waals surface area contributed by atoms with Gasteiger partial charge in [0.25, 0.3) is 0 Å². The fourth-order valence-electron chi connectivity index (χ4n) is 4.75. The number of aliphatic hydroxyl groups is 2. The molecule has 1 rings (SSSR count). The van der Waals surface area contributed by atoms with Gasteiger partial charge < -0.3 is 10.2 Å². The molecule has 0 saturated heterocycles. The van der Waals surface area contributed by atoms with Crippen molar-refractivity contribution in [1.82, 2.24) is 0 Å². The highest BCUT2D eigenvalue weighted by Gasteiger charge is 2.31. The summed E-state index contributed by atoms with van der Waals surface area (Å²) in [4.78, 5) is 0. The number of hydrogen-bond donors (Lipinski definition) is 2. The van der Waals surface area contributed by atoms with Crippen LogP contribution in [0, 0.1) is 5.41 Å². The molecular formula is C40H56O2. The maximum absolute atomic E-state index is 10.1. The number of hydrogen-bond acceptors (Lipinski definition) is 2. The summed E-state index contributed by atoms with van der Waals surface area (Å²) in [5.41, 5.74) is 9.63. The van der Waals surface area contributed by atoms with Gasteiger partial charge in [0.05, 0.1) is 11.9 Å². The molecule has 1 aliphatic rings. The quantitative estimate of drug-likeness (QED) is 0.171. The fraction of sp³-hybridized carbons (Fsp3) is 0.400. The Kier molecular flexibility index (Phi) is 16.5. The summed E-state index contributed by atoms with van der Waals surface area (Å²) < 4.78 is 0. The van der Waals surface area contributed by atoms with Crippen LogP contribution in [0.4, 0.5) is 0 Å². The Bertz CT molecular complexity index is 1270. The minimum Gasteiger partial charge on any atom is -0.512 e. The monoisotopic (exact) mass is 568 g/mol. The zero-order valence-corrected chi connectivity index (χ0v) is 28.0. The molecule has 0 bridgehead atoms. The molecule has 2 heteroatoms. The third-order valence-electron chi connectivity index (χ3n) is 7.33. The second-order valence-corrected chi connectivity index (χ2v) is 12.5. The van der Waals surface area contributed by atoms with Gasteiger partial charge in [-0.2, -0.15) is 0 Å². The van der Waals surface area contributed by atoms with E-state index in [0.717, 1.165) is 24.8 Å². The molecule has 2 nitrogen and oxygen atoms in total. The summed E-state index contributed by atoms with van der Waals surface area (Å²) >= 11 is 0. The van der Waals surface area contributed by atoms with Crippen molar-refractivity contribution in [3.63, 3.8) is 0 Å². The van der Waals surface area contributed by atoms with E-state index in [-0.39, 0.29) is 11.5 Å². The van der Waals surface area contributed by atoms with E-state index in [1.165, 1.54) is 39.0 Å². The predicted octanol–water partition coefficient (Wildman–Crippen LogP) is 11.6. The molecule has 1 unspecified atom stereocenters. The Morgan fingerprint density at radius 2 is 1.14 bits per heavy atom. The van der Waals surface area contributed by atoms with Crippen LogP contribution in [0.25, 0.3) is 0 Å². The van der Waals surface area contributed by atoms with Crippen molar-refractivity contribution in [2.45, 2.75) is 101 Å². The first-order valence-corrected chi connectivity index (χ1v) is 15.2. The van der Waals surface area contributed by atoms with Gasteiger partial charge in [-0.15, -0.1) is 0 Å². The normalized spacial score (nSPS) is 20.0. The predicted molar refractivity (Wildman–Crippen MR) is 186 cm³/mol. The van der Waals surface area contributed by atoms with E-state index in [1.807, 2.05) is 13.8 Å². The van der Waals surface area contributed by atoms with Crippen LogP contribution < -0.4 is 0 Å². The molecule has 2 N–H and O–H groups in total. The van der Waals surface area contributed by atoms with Gasteiger partial charge in [-0.3, -0.25) is 0 Å². The van der Waals surface area contributed by atoms with Crippen molar-refractivity contribution in [2.75, 3.05) is 0 Å². The Labute approximate surface area is 257 Å². The zero-order valence-electron chi connectivity index (χ0n) is 28.0. The summed E-state index contributed by atoms with van der Waals surface area (Å²) in [6.07, 6.45) is 34.6. The minimum absolute atomic E-state index is 0.00496. The van der Waals surface area contributed by atoms with Crippen LogP contribution in [0.3, 0.4) is 0 Å². The van der Waals surface area contributed by atoms with Gasteiger partial charge >= 0.3 is 0 Å². The lowest BCUT2D eigenvalue weighted by Crippen LogP contribution is -2.28. The van der Waals surface area contributed by atoms with Gasteiger partial charge in [0.1, 0.15) is 0 Å². The Hall–Kier alpha value is -3.36. The number of aliphatic hydroxyl groups excluding tert-OH is 2. The first-order chi connectivity index (χ1) is 19.7. The van der Waals surface area contributed by atoms with E-state index in [4.69, 9.17) is 0 Å². The van der Waals surface area contributed by atoms with Gasteiger partial charge in [0.2, 0.25) is 0 Å². The Balaban J connectivity index is 2.61. The lowest BCUT2D eigenvalue weighted by molar-refractivity contribution is 0.116. The van der Waals surface area contributed by atoms with E-state index in [2.05, 4.69) is 147 Å². The summed E-state index contributed by atoms with van der Waals surface area (Å²) in [7, 11) is 0. The molecule has 0 radical (unpaired) electrons. The van der Waals surface area contributed by atoms with Crippen molar-refractivity contribution in [1.29, 1.82) is 0 Å². The third kappa shape index (κ3) is 15.6. The van der Waals surface area contributed by atoms with E-state index in [0.29, 0.717) is 12.2 Å². The highest BCUT2D eigenvalue weighted by atomic mass is 16.3. The average Bonchev–Trinajstić information content (AvgIpc) is 2.88. The third-order valence-corrected chi connectivity index (χ3v) is 7.33. The molecule has 1 aliphatic carbocycles. The Morgan fingerprint density at radius 3 is 1.62 bits per heavy atom. The standard InChI is InChI=1S/C40H56O2/c1-30(2)39(42)27-25-35(7)23-15-21-33(5)20-13-18-31(3)16-11-12-17-32(4)19-14-22-34(6)24-26-38-36(8)28-37(41)29-40(38,9)10/h11-24,26,37,41-42H,25,27-29H2,1-10H3/b12-11+,18-13+,19-14+,21-15+,26-24+,31-16+,32-17+,33-20+,34-22+,35-23+.